The van der Waals surface area contributed by atoms with E-state index in [1.165, 1.54) is 0 Å². The van der Waals surface area contributed by atoms with Crippen molar-refractivity contribution in [1.82, 2.24) is 0 Å². The Hall–Kier alpha value is -3.71. The maximum atomic E-state index is 12.6. The van der Waals surface area contributed by atoms with Crippen molar-refractivity contribution >= 4 is 56.0 Å². The van der Waals surface area contributed by atoms with Crippen LogP contribution in [-0.2, 0) is 9.59 Å². The maximum absolute atomic E-state index is 12.6. The van der Waals surface area contributed by atoms with Gasteiger partial charge in [-0.25, -0.2) is 9.79 Å². The number of hydrogen-bond donors (Lipinski definition) is 1. The average molecular weight is 428 g/mol. The van der Waals surface area contributed by atoms with E-state index < -0.39 is 16.8 Å². The van der Waals surface area contributed by atoms with Gasteiger partial charge < -0.3 is 9.73 Å². The van der Waals surface area contributed by atoms with Gasteiger partial charge in [0.15, 0.2) is 0 Å². The Morgan fingerprint density at radius 1 is 0.968 bits per heavy atom. The quantitative estimate of drug-likeness (QED) is 0.488. The van der Waals surface area contributed by atoms with E-state index in [-0.39, 0.29) is 22.9 Å². The molecule has 0 unspecified atom stereocenters. The molecular formula is C24H16N2O4S. The summed E-state index contributed by atoms with van der Waals surface area (Å²) >= 11 is 1.12. The highest BCUT2D eigenvalue weighted by atomic mass is 32.2. The normalized spacial score (nSPS) is 15.9. The van der Waals surface area contributed by atoms with Gasteiger partial charge in [0.05, 0.1) is 5.56 Å². The van der Waals surface area contributed by atoms with Gasteiger partial charge in [0, 0.05) is 22.9 Å². The lowest BCUT2D eigenvalue weighted by Gasteiger charge is -2.10. The SMILES string of the molecule is O=C(C[C@H]1SC(c2cc3ccccc3oc2=O)=NC1=O)Nc1cccc2ccccc12. The van der Waals surface area contributed by atoms with Crippen molar-refractivity contribution in [3.8, 4) is 0 Å². The number of anilines is 1. The Kier molecular flexibility index (Phi) is 4.88. The minimum absolute atomic E-state index is 0.0430. The summed E-state index contributed by atoms with van der Waals surface area (Å²) in [4.78, 5) is 41.4. The fraction of sp³-hybridized carbons (Fsp3) is 0.0833. The summed E-state index contributed by atoms with van der Waals surface area (Å²) in [6, 6.07) is 22.2. The van der Waals surface area contributed by atoms with E-state index >= 15 is 0 Å². The lowest BCUT2D eigenvalue weighted by molar-refractivity contribution is -0.121. The number of carbonyl (C=O) groups excluding carboxylic acids is 2. The minimum atomic E-state index is -0.684. The van der Waals surface area contributed by atoms with Crippen LogP contribution >= 0.6 is 11.8 Å². The van der Waals surface area contributed by atoms with Crippen LogP contribution < -0.4 is 10.9 Å². The molecule has 1 aromatic heterocycles. The van der Waals surface area contributed by atoms with Gasteiger partial charge in [0.2, 0.25) is 5.91 Å². The highest BCUT2D eigenvalue weighted by Gasteiger charge is 2.32. The highest BCUT2D eigenvalue weighted by molar-refractivity contribution is 8.16. The van der Waals surface area contributed by atoms with E-state index in [9.17, 15) is 14.4 Å². The summed E-state index contributed by atoms with van der Waals surface area (Å²) in [7, 11) is 0. The Labute approximate surface area is 181 Å². The highest BCUT2D eigenvalue weighted by Crippen LogP contribution is 2.30. The van der Waals surface area contributed by atoms with Crippen LogP contribution in [0.2, 0.25) is 0 Å². The number of rotatable bonds is 4. The number of hydrogen-bond acceptors (Lipinski definition) is 5. The molecule has 2 amide bonds. The molecular weight excluding hydrogens is 412 g/mol. The van der Waals surface area contributed by atoms with Gasteiger partial charge in [-0.1, -0.05) is 66.4 Å². The first-order chi connectivity index (χ1) is 15.1. The van der Waals surface area contributed by atoms with Crippen LogP contribution in [0.5, 0.6) is 0 Å². The van der Waals surface area contributed by atoms with Crippen LogP contribution in [0.25, 0.3) is 21.7 Å². The number of para-hydroxylation sites is 1. The van der Waals surface area contributed by atoms with Crippen LogP contribution in [0, 0.1) is 0 Å². The molecule has 7 heteroatoms. The molecule has 1 atom stereocenters. The molecule has 6 nitrogen and oxygen atoms in total. The summed E-state index contributed by atoms with van der Waals surface area (Å²) in [5.41, 5.74) is 0.833. The molecule has 3 aromatic carbocycles. The van der Waals surface area contributed by atoms with Gasteiger partial charge in [-0.3, -0.25) is 9.59 Å². The van der Waals surface area contributed by atoms with E-state index in [1.54, 1.807) is 18.2 Å². The van der Waals surface area contributed by atoms with E-state index in [4.69, 9.17) is 4.42 Å². The Balaban J connectivity index is 1.33. The summed E-state index contributed by atoms with van der Waals surface area (Å²) in [5, 5.41) is 5.17. The summed E-state index contributed by atoms with van der Waals surface area (Å²) in [5.74, 6) is -0.718. The molecule has 0 fully saturated rings. The largest absolute Gasteiger partial charge is 0.422 e. The Morgan fingerprint density at radius 2 is 1.71 bits per heavy atom. The van der Waals surface area contributed by atoms with Gasteiger partial charge in [-0.2, -0.15) is 0 Å². The van der Waals surface area contributed by atoms with Crippen molar-refractivity contribution in [2.75, 3.05) is 5.32 Å². The molecule has 1 aliphatic rings. The Morgan fingerprint density at radius 3 is 2.58 bits per heavy atom. The molecule has 5 rings (SSSR count). The number of carbonyl (C=O) groups is 2. The minimum Gasteiger partial charge on any atom is -0.422 e. The molecule has 0 aliphatic carbocycles. The van der Waals surface area contributed by atoms with Crippen molar-refractivity contribution in [2.24, 2.45) is 4.99 Å². The molecule has 0 bridgehead atoms. The fourth-order valence-corrected chi connectivity index (χ4v) is 4.62. The van der Waals surface area contributed by atoms with Crippen molar-refractivity contribution in [3.63, 3.8) is 0 Å². The second-order valence-corrected chi connectivity index (χ2v) is 8.32. The van der Waals surface area contributed by atoms with Gasteiger partial charge >= 0.3 is 5.63 Å². The summed E-state index contributed by atoms with van der Waals surface area (Å²) in [6.07, 6.45) is -0.0430. The Bertz CT molecular complexity index is 1440. The van der Waals surface area contributed by atoms with E-state index in [2.05, 4.69) is 10.3 Å². The first-order valence-corrected chi connectivity index (χ1v) is 10.6. The number of amides is 2. The second-order valence-electron chi connectivity index (χ2n) is 7.13. The molecule has 0 saturated carbocycles. The molecule has 2 heterocycles. The van der Waals surface area contributed by atoms with Crippen molar-refractivity contribution in [3.05, 3.63) is 88.8 Å². The molecule has 4 aromatic rings. The fourth-order valence-electron chi connectivity index (χ4n) is 3.55. The number of fused-ring (bicyclic) bond motifs is 2. The molecule has 0 spiro atoms. The molecule has 0 radical (unpaired) electrons. The predicted octanol–water partition coefficient (Wildman–Crippen LogP) is 4.36. The lowest BCUT2D eigenvalue weighted by Crippen LogP contribution is -2.21. The van der Waals surface area contributed by atoms with Crippen LogP contribution in [-0.4, -0.2) is 22.1 Å². The van der Waals surface area contributed by atoms with Crippen molar-refractivity contribution < 1.29 is 14.0 Å². The topological polar surface area (TPSA) is 88.7 Å². The first kappa shape index (κ1) is 19.3. The summed E-state index contributed by atoms with van der Waals surface area (Å²) in [6.45, 7) is 0. The van der Waals surface area contributed by atoms with Gasteiger partial charge in [-0.05, 0) is 23.6 Å². The van der Waals surface area contributed by atoms with Gasteiger partial charge in [-0.15, -0.1) is 0 Å². The predicted molar refractivity (Wildman–Crippen MR) is 123 cm³/mol. The second kappa shape index (κ2) is 7.85. The number of benzene rings is 3. The van der Waals surface area contributed by atoms with E-state index in [0.717, 1.165) is 27.9 Å². The molecule has 1 aliphatic heterocycles. The number of nitrogens with one attached hydrogen (secondary N) is 1. The molecule has 0 saturated heterocycles. The monoisotopic (exact) mass is 428 g/mol. The third-order valence-corrected chi connectivity index (χ3v) is 6.23. The van der Waals surface area contributed by atoms with Gasteiger partial charge in [0.1, 0.15) is 15.9 Å². The smallest absolute Gasteiger partial charge is 0.346 e. The van der Waals surface area contributed by atoms with Crippen molar-refractivity contribution in [2.45, 2.75) is 11.7 Å². The van der Waals surface area contributed by atoms with Gasteiger partial charge in [0.25, 0.3) is 5.91 Å². The zero-order valence-corrected chi connectivity index (χ0v) is 17.0. The molecule has 1 N–H and O–H groups in total. The van der Waals surface area contributed by atoms with Crippen LogP contribution in [0.15, 0.2) is 87.0 Å². The zero-order chi connectivity index (χ0) is 21.4. The maximum Gasteiger partial charge on any atom is 0.346 e. The van der Waals surface area contributed by atoms with Crippen molar-refractivity contribution in [1.29, 1.82) is 0 Å². The zero-order valence-electron chi connectivity index (χ0n) is 16.2. The first-order valence-electron chi connectivity index (χ1n) is 9.68. The third kappa shape index (κ3) is 3.75. The lowest BCUT2D eigenvalue weighted by atomic mass is 10.1. The standard InChI is InChI=1S/C24H16N2O4S/c27-21(25-18-10-5-8-14-6-1-3-9-16(14)18)13-20-22(28)26-23(31-20)17-12-15-7-2-4-11-19(15)30-24(17)29/h1-12,20H,13H2,(H,25,27)/t20-/m1/s1. The molecule has 152 valence electrons. The number of aliphatic imine (C=N–C) groups is 1. The van der Waals surface area contributed by atoms with Crippen LogP contribution in [0.1, 0.15) is 12.0 Å². The number of nitrogens with zero attached hydrogens (tertiary/aromatic N) is 1. The number of thioether (sulfide) groups is 1. The average Bonchev–Trinajstić information content (AvgIpc) is 3.13. The van der Waals surface area contributed by atoms with Crippen LogP contribution in [0.3, 0.4) is 0 Å². The third-order valence-electron chi connectivity index (χ3n) is 5.05. The summed E-state index contributed by atoms with van der Waals surface area (Å²) < 4.78 is 5.34. The van der Waals surface area contributed by atoms with E-state index in [0.29, 0.717) is 11.3 Å². The van der Waals surface area contributed by atoms with Crippen LogP contribution in [0.4, 0.5) is 5.69 Å². The molecule has 31 heavy (non-hydrogen) atoms. The van der Waals surface area contributed by atoms with E-state index in [1.807, 2.05) is 54.6 Å².